The van der Waals surface area contributed by atoms with Crippen LogP contribution in [0.5, 0.6) is 5.75 Å². The van der Waals surface area contributed by atoms with Gasteiger partial charge < -0.3 is 15.4 Å². The molecule has 2 amide bonds. The maximum Gasteiger partial charge on any atom is 0.315 e. The fraction of sp³-hybridized carbons (Fsp3) is 0.500. The number of para-hydroxylation sites is 1. The highest BCUT2D eigenvalue weighted by molar-refractivity contribution is 7.91. The van der Waals surface area contributed by atoms with Gasteiger partial charge in [0.1, 0.15) is 11.9 Å². The monoisotopic (exact) mass is 310 g/mol. The Balaban J connectivity index is 1.43. The number of hydrogen-bond acceptors (Lipinski definition) is 4. The summed E-state index contributed by atoms with van der Waals surface area (Å²) < 4.78 is 28.4. The number of rotatable bonds is 3. The highest BCUT2D eigenvalue weighted by atomic mass is 32.2. The summed E-state index contributed by atoms with van der Waals surface area (Å²) in [5.41, 5.74) is 1.14. The van der Waals surface area contributed by atoms with E-state index >= 15 is 0 Å². The first-order chi connectivity index (χ1) is 10.0. The van der Waals surface area contributed by atoms with E-state index in [0.29, 0.717) is 13.0 Å². The Labute approximate surface area is 123 Å². The van der Waals surface area contributed by atoms with Crippen LogP contribution in [0, 0.1) is 0 Å². The van der Waals surface area contributed by atoms with Crippen molar-refractivity contribution >= 4 is 15.9 Å². The molecule has 0 unspecified atom stereocenters. The number of sulfone groups is 1. The molecule has 0 spiro atoms. The number of hydrogen-bond donors (Lipinski definition) is 2. The van der Waals surface area contributed by atoms with Crippen LogP contribution < -0.4 is 15.4 Å². The van der Waals surface area contributed by atoms with Crippen LogP contribution in [-0.2, 0) is 16.3 Å². The molecule has 0 aromatic heterocycles. The van der Waals surface area contributed by atoms with Crippen LogP contribution in [-0.4, -0.2) is 44.6 Å². The molecule has 7 heteroatoms. The van der Waals surface area contributed by atoms with Gasteiger partial charge in [0.25, 0.3) is 0 Å². The van der Waals surface area contributed by atoms with Gasteiger partial charge in [-0.05, 0) is 18.1 Å². The number of carbonyl (C=O) groups is 1. The van der Waals surface area contributed by atoms with Gasteiger partial charge in [-0.3, -0.25) is 0 Å². The lowest BCUT2D eigenvalue weighted by Gasteiger charge is -2.15. The molecular formula is C14H18N2O4S. The predicted molar refractivity (Wildman–Crippen MR) is 78.2 cm³/mol. The summed E-state index contributed by atoms with van der Waals surface area (Å²) in [4.78, 5) is 11.8. The van der Waals surface area contributed by atoms with E-state index < -0.39 is 9.84 Å². The number of carbonyl (C=O) groups excluding carboxylic acids is 1. The van der Waals surface area contributed by atoms with Crippen LogP contribution in [0.25, 0.3) is 0 Å². The number of fused-ring (bicyclic) bond motifs is 1. The van der Waals surface area contributed by atoms with Gasteiger partial charge in [-0.15, -0.1) is 0 Å². The summed E-state index contributed by atoms with van der Waals surface area (Å²) in [5, 5.41) is 5.44. The zero-order chi connectivity index (χ0) is 14.9. The van der Waals surface area contributed by atoms with Crippen LogP contribution in [0.1, 0.15) is 12.0 Å². The number of amides is 2. The third-order valence-electron chi connectivity index (χ3n) is 3.77. The minimum Gasteiger partial charge on any atom is -0.488 e. The topological polar surface area (TPSA) is 84.5 Å². The minimum atomic E-state index is -2.98. The van der Waals surface area contributed by atoms with Crippen molar-refractivity contribution in [2.75, 3.05) is 18.1 Å². The number of urea groups is 1. The van der Waals surface area contributed by atoms with Crippen molar-refractivity contribution < 1.29 is 17.9 Å². The summed E-state index contributed by atoms with van der Waals surface area (Å²) in [6, 6.07) is 7.19. The van der Waals surface area contributed by atoms with E-state index in [1.54, 1.807) is 0 Å². The Kier molecular flexibility index (Phi) is 3.75. The second-order valence-electron chi connectivity index (χ2n) is 5.51. The number of ether oxygens (including phenoxy) is 1. The summed E-state index contributed by atoms with van der Waals surface area (Å²) in [5.74, 6) is 1.05. The van der Waals surface area contributed by atoms with Crippen LogP contribution in [0.3, 0.4) is 0 Å². The highest BCUT2D eigenvalue weighted by Gasteiger charge is 2.29. The number of nitrogens with one attached hydrogen (secondary N) is 2. The molecule has 0 saturated carbocycles. The lowest BCUT2D eigenvalue weighted by molar-refractivity contribution is 0.212. The second kappa shape index (κ2) is 5.55. The van der Waals surface area contributed by atoms with E-state index in [1.807, 2.05) is 24.3 Å². The van der Waals surface area contributed by atoms with E-state index in [1.165, 1.54) is 0 Å². The van der Waals surface area contributed by atoms with E-state index in [-0.39, 0.29) is 29.7 Å². The Morgan fingerprint density at radius 2 is 2.14 bits per heavy atom. The molecule has 21 heavy (non-hydrogen) atoms. The van der Waals surface area contributed by atoms with E-state index in [2.05, 4.69) is 10.6 Å². The molecule has 3 rings (SSSR count). The second-order valence-corrected chi connectivity index (χ2v) is 7.73. The van der Waals surface area contributed by atoms with Crippen molar-refractivity contribution in [3.63, 3.8) is 0 Å². The first kappa shape index (κ1) is 14.2. The van der Waals surface area contributed by atoms with Crippen molar-refractivity contribution in [2.24, 2.45) is 0 Å². The van der Waals surface area contributed by atoms with Gasteiger partial charge in [-0.25, -0.2) is 13.2 Å². The standard InChI is InChI=1S/C14H18N2O4S/c17-14(16-11-5-6-21(18,19)9-11)15-8-12-7-10-3-1-2-4-13(10)20-12/h1-4,11-12H,5-9H2,(H2,15,16,17)/t11-,12+/m1/s1. The fourth-order valence-electron chi connectivity index (χ4n) is 2.72. The highest BCUT2D eigenvalue weighted by Crippen LogP contribution is 2.27. The zero-order valence-corrected chi connectivity index (χ0v) is 12.4. The largest absolute Gasteiger partial charge is 0.488 e. The molecule has 2 N–H and O–H groups in total. The Bertz CT molecular complexity index is 619. The van der Waals surface area contributed by atoms with Crippen molar-refractivity contribution in [1.29, 1.82) is 0 Å². The molecule has 0 radical (unpaired) electrons. The molecule has 1 saturated heterocycles. The average molecular weight is 310 g/mol. The Morgan fingerprint density at radius 3 is 2.86 bits per heavy atom. The first-order valence-electron chi connectivity index (χ1n) is 7.01. The quantitative estimate of drug-likeness (QED) is 0.850. The summed E-state index contributed by atoms with van der Waals surface area (Å²) >= 11 is 0. The van der Waals surface area contributed by atoms with Crippen molar-refractivity contribution in [2.45, 2.75) is 25.0 Å². The molecule has 1 fully saturated rings. The van der Waals surface area contributed by atoms with Crippen LogP contribution in [0.15, 0.2) is 24.3 Å². The van der Waals surface area contributed by atoms with Gasteiger partial charge in [0.2, 0.25) is 0 Å². The van der Waals surface area contributed by atoms with E-state index in [9.17, 15) is 13.2 Å². The lowest BCUT2D eigenvalue weighted by atomic mass is 10.1. The molecule has 6 nitrogen and oxygen atoms in total. The molecule has 0 bridgehead atoms. The van der Waals surface area contributed by atoms with Crippen molar-refractivity contribution in [3.8, 4) is 5.75 Å². The molecule has 2 aliphatic rings. The third kappa shape index (κ3) is 3.47. The summed E-state index contributed by atoms with van der Waals surface area (Å²) in [6.07, 6.45) is 1.19. The molecule has 2 aliphatic heterocycles. The van der Waals surface area contributed by atoms with Gasteiger partial charge in [0.15, 0.2) is 9.84 Å². The predicted octanol–water partition coefficient (Wildman–Crippen LogP) is 0.476. The SMILES string of the molecule is O=C(NC[C@@H]1Cc2ccccc2O1)N[C@@H]1CCS(=O)(=O)C1. The summed E-state index contributed by atoms with van der Waals surface area (Å²) in [7, 11) is -2.98. The minimum absolute atomic E-state index is 0.0335. The average Bonchev–Trinajstić information content (AvgIpc) is 2.99. The van der Waals surface area contributed by atoms with Gasteiger partial charge in [-0.1, -0.05) is 18.2 Å². The smallest absolute Gasteiger partial charge is 0.315 e. The fourth-order valence-corrected chi connectivity index (χ4v) is 4.39. The normalized spacial score (nSPS) is 25.9. The summed E-state index contributed by atoms with van der Waals surface area (Å²) in [6.45, 7) is 0.403. The molecule has 1 aromatic carbocycles. The number of benzene rings is 1. The lowest BCUT2D eigenvalue weighted by Crippen LogP contribution is -2.45. The van der Waals surface area contributed by atoms with Gasteiger partial charge >= 0.3 is 6.03 Å². The van der Waals surface area contributed by atoms with Crippen molar-refractivity contribution in [3.05, 3.63) is 29.8 Å². The molecule has 2 heterocycles. The van der Waals surface area contributed by atoms with Crippen LogP contribution >= 0.6 is 0 Å². The van der Waals surface area contributed by atoms with E-state index in [0.717, 1.165) is 17.7 Å². The molecule has 2 atom stereocenters. The molecule has 1 aromatic rings. The maximum atomic E-state index is 11.8. The van der Waals surface area contributed by atoms with Gasteiger partial charge in [0, 0.05) is 12.5 Å². The van der Waals surface area contributed by atoms with Gasteiger partial charge in [-0.2, -0.15) is 0 Å². The Morgan fingerprint density at radius 1 is 1.33 bits per heavy atom. The van der Waals surface area contributed by atoms with Gasteiger partial charge in [0.05, 0.1) is 18.1 Å². The van der Waals surface area contributed by atoms with Crippen molar-refractivity contribution in [1.82, 2.24) is 10.6 Å². The Hall–Kier alpha value is -1.76. The molecular weight excluding hydrogens is 292 g/mol. The molecule has 114 valence electrons. The maximum absolute atomic E-state index is 11.8. The van der Waals surface area contributed by atoms with E-state index in [4.69, 9.17) is 4.74 Å². The first-order valence-corrected chi connectivity index (χ1v) is 8.83. The zero-order valence-electron chi connectivity index (χ0n) is 11.5. The molecule has 0 aliphatic carbocycles. The van der Waals surface area contributed by atoms with Crippen LogP contribution in [0.2, 0.25) is 0 Å². The third-order valence-corrected chi connectivity index (χ3v) is 5.54. The van der Waals surface area contributed by atoms with Crippen LogP contribution in [0.4, 0.5) is 4.79 Å².